The summed E-state index contributed by atoms with van der Waals surface area (Å²) in [5, 5.41) is 12.2. The summed E-state index contributed by atoms with van der Waals surface area (Å²) in [7, 11) is 0. The first-order valence-electron chi connectivity index (χ1n) is 9.86. The Morgan fingerprint density at radius 3 is 2.76 bits per heavy atom. The van der Waals surface area contributed by atoms with Crippen molar-refractivity contribution < 1.29 is 9.18 Å². The van der Waals surface area contributed by atoms with E-state index < -0.39 is 0 Å². The molecule has 7 heteroatoms. The van der Waals surface area contributed by atoms with Crippen molar-refractivity contribution in [2.75, 3.05) is 5.32 Å². The summed E-state index contributed by atoms with van der Waals surface area (Å²) < 4.78 is 15.1. The number of rotatable bonds is 5. The highest BCUT2D eigenvalue weighted by atomic mass is 35.5. The lowest BCUT2D eigenvalue weighted by atomic mass is 10.1. The van der Waals surface area contributed by atoms with Crippen LogP contribution in [0.5, 0.6) is 0 Å². The monoisotopic (exact) mass is 412 g/mol. The predicted octanol–water partition coefficient (Wildman–Crippen LogP) is 5.04. The highest BCUT2D eigenvalue weighted by molar-refractivity contribution is 6.33. The Morgan fingerprint density at radius 2 is 1.93 bits per heavy atom. The first-order chi connectivity index (χ1) is 14.1. The molecule has 0 radical (unpaired) electrons. The molecular formula is C22H22ClFN4O. The second-order valence-electron chi connectivity index (χ2n) is 7.27. The van der Waals surface area contributed by atoms with E-state index in [0.717, 1.165) is 48.6 Å². The number of hydrogen-bond acceptors (Lipinski definition) is 3. The third-order valence-electron chi connectivity index (χ3n) is 5.15. The van der Waals surface area contributed by atoms with Crippen molar-refractivity contribution >= 4 is 23.2 Å². The minimum Gasteiger partial charge on any atom is -0.326 e. The number of amides is 1. The molecule has 2 heterocycles. The summed E-state index contributed by atoms with van der Waals surface area (Å²) in [5.74, 6) is 1.34. The largest absolute Gasteiger partial charge is 0.326 e. The smallest absolute Gasteiger partial charge is 0.224 e. The molecule has 2 aromatic carbocycles. The highest BCUT2D eigenvalue weighted by Gasteiger charge is 2.18. The summed E-state index contributed by atoms with van der Waals surface area (Å²) in [4.78, 5) is 12.4. The van der Waals surface area contributed by atoms with Crippen LogP contribution in [0.25, 0.3) is 11.4 Å². The van der Waals surface area contributed by atoms with E-state index in [1.165, 1.54) is 18.6 Å². The van der Waals surface area contributed by atoms with Crippen LogP contribution in [0, 0.1) is 5.82 Å². The second kappa shape index (κ2) is 8.74. The van der Waals surface area contributed by atoms with Crippen molar-refractivity contribution in [1.82, 2.24) is 14.8 Å². The van der Waals surface area contributed by atoms with E-state index in [4.69, 9.17) is 11.6 Å². The van der Waals surface area contributed by atoms with Gasteiger partial charge in [0.05, 0.1) is 5.02 Å². The highest BCUT2D eigenvalue weighted by Crippen LogP contribution is 2.31. The molecule has 0 aliphatic carbocycles. The average molecular weight is 413 g/mol. The van der Waals surface area contributed by atoms with Crippen LogP contribution in [0.1, 0.15) is 37.1 Å². The zero-order valence-electron chi connectivity index (χ0n) is 16.0. The molecule has 3 aromatic rings. The summed E-state index contributed by atoms with van der Waals surface area (Å²) in [6.45, 7) is 0.877. The zero-order valence-corrected chi connectivity index (χ0v) is 16.8. The Labute approximate surface area is 173 Å². The molecule has 0 bridgehead atoms. The number of nitrogens with zero attached hydrogens (tertiary/aromatic N) is 3. The molecule has 0 atom stereocenters. The zero-order chi connectivity index (χ0) is 20.2. The number of fused-ring (bicyclic) bond motifs is 1. The van der Waals surface area contributed by atoms with E-state index in [0.29, 0.717) is 23.6 Å². The lowest BCUT2D eigenvalue weighted by molar-refractivity contribution is -0.116. The number of anilines is 1. The van der Waals surface area contributed by atoms with Crippen molar-refractivity contribution in [2.24, 2.45) is 0 Å². The first-order valence-corrected chi connectivity index (χ1v) is 10.2. The van der Waals surface area contributed by atoms with Gasteiger partial charge in [-0.25, -0.2) is 4.39 Å². The van der Waals surface area contributed by atoms with Gasteiger partial charge in [0.15, 0.2) is 5.82 Å². The first kappa shape index (κ1) is 19.6. The molecule has 150 valence electrons. The number of halogens is 2. The van der Waals surface area contributed by atoms with Crippen LogP contribution in [-0.2, 0) is 24.2 Å². The molecular weight excluding hydrogens is 391 g/mol. The van der Waals surface area contributed by atoms with Crippen LogP contribution in [0.4, 0.5) is 10.1 Å². The van der Waals surface area contributed by atoms with Crippen molar-refractivity contribution in [3.8, 4) is 11.4 Å². The van der Waals surface area contributed by atoms with Gasteiger partial charge in [-0.1, -0.05) is 30.2 Å². The molecule has 4 rings (SSSR count). The number of aromatic nitrogens is 3. The summed E-state index contributed by atoms with van der Waals surface area (Å²) in [6, 6.07) is 11.6. The third kappa shape index (κ3) is 4.65. The molecule has 1 aliphatic rings. The second-order valence-corrected chi connectivity index (χ2v) is 7.68. The molecule has 5 nitrogen and oxygen atoms in total. The normalized spacial score (nSPS) is 13.6. The van der Waals surface area contributed by atoms with Crippen LogP contribution < -0.4 is 5.32 Å². The van der Waals surface area contributed by atoms with Gasteiger partial charge in [0.1, 0.15) is 11.6 Å². The Balaban J connectivity index is 1.48. The Bertz CT molecular complexity index is 1020. The number of aryl methyl sites for hydroxylation is 2. The van der Waals surface area contributed by atoms with E-state index in [-0.39, 0.29) is 11.7 Å². The van der Waals surface area contributed by atoms with Gasteiger partial charge in [-0.2, -0.15) is 0 Å². The molecule has 0 fully saturated rings. The van der Waals surface area contributed by atoms with Crippen molar-refractivity contribution in [3.63, 3.8) is 0 Å². The Morgan fingerprint density at radius 1 is 1.10 bits per heavy atom. The topological polar surface area (TPSA) is 59.8 Å². The maximum absolute atomic E-state index is 13.0. The molecule has 29 heavy (non-hydrogen) atoms. The van der Waals surface area contributed by atoms with E-state index in [1.807, 2.05) is 6.07 Å². The van der Waals surface area contributed by atoms with Gasteiger partial charge in [0, 0.05) is 30.6 Å². The van der Waals surface area contributed by atoms with Gasteiger partial charge in [0.2, 0.25) is 5.91 Å². The van der Waals surface area contributed by atoms with Gasteiger partial charge in [-0.05, 0) is 55.2 Å². The maximum Gasteiger partial charge on any atom is 0.224 e. The summed E-state index contributed by atoms with van der Waals surface area (Å²) >= 11 is 6.44. The SMILES string of the molecule is O=C(CCc1ccc(F)cc1)Nc1ccc(Cl)c(-c2nnc3n2CCCCC3)c1. The van der Waals surface area contributed by atoms with Gasteiger partial charge in [-0.3, -0.25) is 4.79 Å². The van der Waals surface area contributed by atoms with Crippen LogP contribution in [0.2, 0.25) is 5.02 Å². The van der Waals surface area contributed by atoms with Gasteiger partial charge in [0.25, 0.3) is 0 Å². The fourth-order valence-corrected chi connectivity index (χ4v) is 3.79. The molecule has 0 spiro atoms. The average Bonchev–Trinajstić information content (AvgIpc) is 2.96. The fraction of sp³-hybridized carbons (Fsp3) is 0.318. The van der Waals surface area contributed by atoms with Gasteiger partial charge in [-0.15, -0.1) is 10.2 Å². The summed E-state index contributed by atoms with van der Waals surface area (Å²) in [5.41, 5.74) is 2.35. The molecule has 0 saturated carbocycles. The molecule has 1 N–H and O–H groups in total. The van der Waals surface area contributed by atoms with Crippen LogP contribution in [0.3, 0.4) is 0 Å². The van der Waals surface area contributed by atoms with Crippen LogP contribution in [0.15, 0.2) is 42.5 Å². The fourth-order valence-electron chi connectivity index (χ4n) is 3.59. The maximum atomic E-state index is 13.0. The Kier molecular flexibility index (Phi) is 5.90. The minimum absolute atomic E-state index is 0.109. The number of benzene rings is 2. The van der Waals surface area contributed by atoms with E-state index in [2.05, 4.69) is 20.1 Å². The van der Waals surface area contributed by atoms with Gasteiger partial charge >= 0.3 is 0 Å². The van der Waals surface area contributed by atoms with Crippen molar-refractivity contribution in [2.45, 2.75) is 45.1 Å². The number of carbonyl (C=O) groups is 1. The number of hydrogen-bond donors (Lipinski definition) is 1. The predicted molar refractivity (Wildman–Crippen MR) is 111 cm³/mol. The lowest BCUT2D eigenvalue weighted by Crippen LogP contribution is -2.12. The van der Waals surface area contributed by atoms with Gasteiger partial charge < -0.3 is 9.88 Å². The minimum atomic E-state index is -0.279. The number of nitrogens with one attached hydrogen (secondary N) is 1. The standard InChI is InChI=1S/C22H22ClFN4O/c23-19-11-10-17(25-21(29)12-7-15-5-8-16(24)9-6-15)14-18(19)22-27-26-20-4-2-1-3-13-28(20)22/h5-6,8-11,14H,1-4,7,12-13H2,(H,25,29). The molecule has 1 aromatic heterocycles. The van der Waals surface area contributed by atoms with E-state index in [1.54, 1.807) is 24.3 Å². The van der Waals surface area contributed by atoms with Crippen LogP contribution in [-0.4, -0.2) is 20.7 Å². The number of carbonyl (C=O) groups excluding carboxylic acids is 1. The van der Waals surface area contributed by atoms with Crippen LogP contribution >= 0.6 is 11.6 Å². The molecule has 1 amide bonds. The summed E-state index contributed by atoms with van der Waals surface area (Å²) in [6.07, 6.45) is 5.17. The molecule has 0 saturated heterocycles. The lowest BCUT2D eigenvalue weighted by Gasteiger charge is -2.11. The third-order valence-corrected chi connectivity index (χ3v) is 5.48. The van der Waals surface area contributed by atoms with Crippen molar-refractivity contribution in [1.29, 1.82) is 0 Å². The Hall–Kier alpha value is -2.73. The molecule has 1 aliphatic heterocycles. The molecule has 0 unspecified atom stereocenters. The van der Waals surface area contributed by atoms with Crippen molar-refractivity contribution in [3.05, 3.63) is 64.7 Å². The quantitative estimate of drug-likeness (QED) is 0.639. The van der Waals surface area contributed by atoms with E-state index in [9.17, 15) is 9.18 Å². The van der Waals surface area contributed by atoms with E-state index >= 15 is 0 Å².